The van der Waals surface area contributed by atoms with Gasteiger partial charge in [0.25, 0.3) is 0 Å². The van der Waals surface area contributed by atoms with Crippen LogP contribution in [0.5, 0.6) is 0 Å². The summed E-state index contributed by atoms with van der Waals surface area (Å²) in [6.07, 6.45) is 2.77. The van der Waals surface area contributed by atoms with Crippen molar-refractivity contribution in [2.45, 2.75) is 13.3 Å². The van der Waals surface area contributed by atoms with Crippen LogP contribution in [-0.2, 0) is 0 Å². The van der Waals surface area contributed by atoms with Gasteiger partial charge in [-0.15, -0.1) is 0 Å². The van der Waals surface area contributed by atoms with Gasteiger partial charge in [-0.05, 0) is 25.3 Å². The number of rotatable bonds is 3. The maximum Gasteiger partial charge on any atom is 0.0437 e. The molecule has 1 aromatic carbocycles. The third-order valence-corrected chi connectivity index (χ3v) is 1.59. The molecule has 0 aliphatic carbocycles. The third kappa shape index (κ3) is 2.72. The lowest BCUT2D eigenvalue weighted by molar-refractivity contribution is 0.299. The van der Waals surface area contributed by atoms with E-state index >= 15 is 0 Å². The fourth-order valence-electron chi connectivity index (χ4n) is 0.934. The number of aliphatic hydroxyl groups is 1. The summed E-state index contributed by atoms with van der Waals surface area (Å²) in [7, 11) is 0. The zero-order valence-corrected chi connectivity index (χ0v) is 6.75. The zero-order valence-electron chi connectivity index (χ0n) is 6.75. The molecule has 0 fully saturated rings. The molecule has 59 valence electrons. The Morgan fingerprint density at radius 1 is 1.27 bits per heavy atom. The summed E-state index contributed by atoms with van der Waals surface area (Å²) in [6, 6.07) is 8.27. The summed E-state index contributed by atoms with van der Waals surface area (Å²) in [6.45, 7) is 2.30. The first kappa shape index (κ1) is 8.28. The molecule has 1 N–H and O–H groups in total. The first-order valence-electron chi connectivity index (χ1n) is 3.83. The Labute approximate surface area is 67.7 Å². The van der Waals surface area contributed by atoms with Gasteiger partial charge in [0.1, 0.15) is 0 Å². The van der Waals surface area contributed by atoms with Gasteiger partial charge in [0, 0.05) is 6.61 Å². The lowest BCUT2D eigenvalue weighted by Gasteiger charge is -1.98. The number of aliphatic hydroxyl groups excluding tert-OH is 1. The van der Waals surface area contributed by atoms with Crippen LogP contribution in [0.15, 0.2) is 24.3 Å². The highest BCUT2D eigenvalue weighted by Crippen LogP contribution is 2.06. The first-order valence-corrected chi connectivity index (χ1v) is 3.83. The van der Waals surface area contributed by atoms with Crippen LogP contribution in [0.1, 0.15) is 17.5 Å². The van der Waals surface area contributed by atoms with E-state index in [2.05, 4.69) is 31.2 Å². The van der Waals surface area contributed by atoms with Gasteiger partial charge in [-0.25, -0.2) is 0 Å². The highest BCUT2D eigenvalue weighted by molar-refractivity contribution is 5.26. The molecule has 0 aliphatic rings. The van der Waals surface area contributed by atoms with Gasteiger partial charge in [-0.3, -0.25) is 0 Å². The van der Waals surface area contributed by atoms with Crippen molar-refractivity contribution in [3.8, 4) is 0 Å². The fraction of sp³-hybridized carbons (Fsp3) is 0.300. The van der Waals surface area contributed by atoms with E-state index in [1.807, 2.05) is 6.42 Å². The number of benzene rings is 1. The van der Waals surface area contributed by atoms with Crippen molar-refractivity contribution in [1.29, 1.82) is 0 Å². The fourth-order valence-corrected chi connectivity index (χ4v) is 0.934. The summed E-state index contributed by atoms with van der Waals surface area (Å²) in [5.74, 6) is 0. The molecule has 1 aromatic rings. The Morgan fingerprint density at radius 3 is 2.45 bits per heavy atom. The first-order chi connectivity index (χ1) is 5.33. The minimum atomic E-state index is 0.230. The van der Waals surface area contributed by atoms with Crippen molar-refractivity contribution < 1.29 is 5.11 Å². The molecule has 0 spiro atoms. The van der Waals surface area contributed by atoms with Crippen molar-refractivity contribution in [3.63, 3.8) is 0 Å². The molecule has 0 aromatic heterocycles. The molecule has 0 bridgehead atoms. The smallest absolute Gasteiger partial charge is 0.0437 e. The number of hydrogen-bond donors (Lipinski definition) is 1. The highest BCUT2D eigenvalue weighted by atomic mass is 16.2. The molecule has 0 heterocycles. The molecule has 0 unspecified atom stereocenters. The Morgan fingerprint density at radius 2 is 1.91 bits per heavy atom. The summed E-state index contributed by atoms with van der Waals surface area (Å²) in [5.41, 5.74) is 2.45. The van der Waals surface area contributed by atoms with Crippen molar-refractivity contribution in [3.05, 3.63) is 41.8 Å². The molecule has 0 amide bonds. The second-order valence-corrected chi connectivity index (χ2v) is 2.63. The molecular weight excluding hydrogens is 136 g/mol. The lowest BCUT2D eigenvalue weighted by Crippen LogP contribution is -1.86. The van der Waals surface area contributed by atoms with E-state index in [1.165, 1.54) is 11.1 Å². The van der Waals surface area contributed by atoms with Crippen LogP contribution >= 0.6 is 0 Å². The maximum atomic E-state index is 8.55. The monoisotopic (exact) mass is 149 g/mol. The van der Waals surface area contributed by atoms with E-state index in [4.69, 9.17) is 5.11 Å². The van der Waals surface area contributed by atoms with E-state index in [0.29, 0.717) is 0 Å². The van der Waals surface area contributed by atoms with Gasteiger partial charge >= 0.3 is 0 Å². The van der Waals surface area contributed by atoms with E-state index in [0.717, 1.165) is 6.42 Å². The minimum absolute atomic E-state index is 0.230. The van der Waals surface area contributed by atoms with Gasteiger partial charge in [-0.2, -0.15) is 0 Å². The Balaban J connectivity index is 2.52. The molecule has 0 saturated carbocycles. The van der Waals surface area contributed by atoms with E-state index in [1.54, 1.807) is 0 Å². The lowest BCUT2D eigenvalue weighted by atomic mass is 10.1. The summed E-state index contributed by atoms with van der Waals surface area (Å²) < 4.78 is 0. The molecule has 0 atom stereocenters. The minimum Gasteiger partial charge on any atom is -0.396 e. The predicted molar refractivity (Wildman–Crippen MR) is 46.3 cm³/mol. The van der Waals surface area contributed by atoms with E-state index in [9.17, 15) is 0 Å². The molecule has 1 nitrogen and oxygen atoms in total. The number of hydrogen-bond acceptors (Lipinski definition) is 1. The van der Waals surface area contributed by atoms with Gasteiger partial charge in [0.2, 0.25) is 0 Å². The van der Waals surface area contributed by atoms with Crippen LogP contribution in [-0.4, -0.2) is 11.7 Å². The Bertz CT molecular complexity index is 201. The van der Waals surface area contributed by atoms with Crippen LogP contribution in [0, 0.1) is 13.3 Å². The van der Waals surface area contributed by atoms with E-state index < -0.39 is 0 Å². The maximum absolute atomic E-state index is 8.55. The van der Waals surface area contributed by atoms with Crippen LogP contribution < -0.4 is 0 Å². The molecular formula is C10H13O. The van der Waals surface area contributed by atoms with Crippen LogP contribution in [0.2, 0.25) is 0 Å². The number of aryl methyl sites for hydroxylation is 1. The predicted octanol–water partition coefficient (Wildman–Crippen LogP) is 1.93. The van der Waals surface area contributed by atoms with Crippen LogP contribution in [0.25, 0.3) is 0 Å². The summed E-state index contributed by atoms with van der Waals surface area (Å²) in [4.78, 5) is 0. The normalized spacial score (nSPS) is 10.0. The highest BCUT2D eigenvalue weighted by Gasteiger charge is 1.90. The average Bonchev–Trinajstić information content (AvgIpc) is 2.04. The third-order valence-electron chi connectivity index (χ3n) is 1.59. The summed E-state index contributed by atoms with van der Waals surface area (Å²) >= 11 is 0. The molecule has 0 aliphatic heterocycles. The molecule has 11 heavy (non-hydrogen) atoms. The van der Waals surface area contributed by atoms with Crippen LogP contribution in [0.4, 0.5) is 0 Å². The standard InChI is InChI=1S/C10H13O/c1-9-4-6-10(7-5-9)3-2-8-11/h3-7,11H,2,8H2,1H3. The van der Waals surface area contributed by atoms with Gasteiger partial charge in [-0.1, -0.05) is 29.8 Å². The van der Waals surface area contributed by atoms with Crippen molar-refractivity contribution in [2.75, 3.05) is 6.61 Å². The molecule has 0 saturated heterocycles. The van der Waals surface area contributed by atoms with Gasteiger partial charge in [0.15, 0.2) is 0 Å². The van der Waals surface area contributed by atoms with Crippen LogP contribution in [0.3, 0.4) is 0 Å². The molecule has 1 radical (unpaired) electrons. The molecule has 1 rings (SSSR count). The molecule has 1 heteroatoms. The van der Waals surface area contributed by atoms with Crippen molar-refractivity contribution in [2.24, 2.45) is 0 Å². The topological polar surface area (TPSA) is 20.2 Å². The zero-order chi connectivity index (χ0) is 8.10. The summed E-state index contributed by atoms with van der Waals surface area (Å²) in [5, 5.41) is 8.55. The second kappa shape index (κ2) is 4.14. The largest absolute Gasteiger partial charge is 0.396 e. The van der Waals surface area contributed by atoms with Gasteiger partial charge in [0.05, 0.1) is 0 Å². The SMILES string of the molecule is Cc1ccc([CH]CCO)cc1. The Kier molecular flexibility index (Phi) is 3.12. The van der Waals surface area contributed by atoms with E-state index in [-0.39, 0.29) is 6.61 Å². The second-order valence-electron chi connectivity index (χ2n) is 2.63. The average molecular weight is 149 g/mol. The quantitative estimate of drug-likeness (QED) is 0.696. The van der Waals surface area contributed by atoms with Crippen molar-refractivity contribution in [1.82, 2.24) is 0 Å². The van der Waals surface area contributed by atoms with Gasteiger partial charge < -0.3 is 5.11 Å². The Hall–Kier alpha value is -0.820. The van der Waals surface area contributed by atoms with Crippen molar-refractivity contribution >= 4 is 0 Å².